The molecule has 2 aromatic heterocycles. The van der Waals surface area contributed by atoms with Gasteiger partial charge in [-0.05, 0) is 30.3 Å². The number of carbonyl (C=O) groups is 1. The molecule has 0 atom stereocenters. The Balaban J connectivity index is 1.96. The zero-order valence-electron chi connectivity index (χ0n) is 13.2. The molecule has 5 nitrogen and oxygen atoms in total. The first-order chi connectivity index (χ1) is 12.5. The van der Waals surface area contributed by atoms with E-state index >= 15 is 0 Å². The van der Waals surface area contributed by atoms with Gasteiger partial charge in [0.2, 0.25) is 0 Å². The van der Waals surface area contributed by atoms with Gasteiger partial charge in [-0.25, -0.2) is 9.78 Å². The summed E-state index contributed by atoms with van der Waals surface area (Å²) in [7, 11) is 0. The topological polar surface area (TPSA) is 78.9 Å². The van der Waals surface area contributed by atoms with Gasteiger partial charge in [-0.15, -0.1) is 0 Å². The first-order valence-electron chi connectivity index (χ1n) is 7.67. The highest BCUT2D eigenvalue weighted by atomic mass is 35.5. The standard InChI is InChI=1S/C19H11Cl2N3O2/c20-12-6-4-10(5-7-12)17-16-14(19(25)26)9-15(22-18(16)24-23-17)11-2-1-3-13(21)8-11/h1-9H,(H,25,26)(H,22,23,24). The van der Waals surface area contributed by atoms with Crippen LogP contribution in [0.3, 0.4) is 0 Å². The molecule has 0 aliphatic heterocycles. The number of fused-ring (bicyclic) bond motifs is 1. The third kappa shape index (κ3) is 2.92. The van der Waals surface area contributed by atoms with E-state index in [4.69, 9.17) is 23.2 Å². The van der Waals surface area contributed by atoms with Crippen molar-refractivity contribution in [1.82, 2.24) is 15.2 Å². The fraction of sp³-hybridized carbons (Fsp3) is 0. The van der Waals surface area contributed by atoms with Gasteiger partial charge >= 0.3 is 5.97 Å². The minimum atomic E-state index is -1.06. The zero-order valence-corrected chi connectivity index (χ0v) is 14.7. The Morgan fingerprint density at radius 2 is 1.73 bits per heavy atom. The summed E-state index contributed by atoms with van der Waals surface area (Å²) in [6.07, 6.45) is 0. The number of aromatic carboxylic acids is 1. The second-order valence-corrected chi connectivity index (χ2v) is 6.55. The Morgan fingerprint density at radius 3 is 2.42 bits per heavy atom. The van der Waals surface area contributed by atoms with E-state index in [0.717, 1.165) is 11.1 Å². The lowest BCUT2D eigenvalue weighted by Gasteiger charge is -2.06. The van der Waals surface area contributed by atoms with E-state index in [1.165, 1.54) is 6.07 Å². The van der Waals surface area contributed by atoms with Crippen LogP contribution in [0.1, 0.15) is 10.4 Å². The average Bonchev–Trinajstić information content (AvgIpc) is 3.05. The number of pyridine rings is 1. The predicted molar refractivity (Wildman–Crippen MR) is 102 cm³/mol. The molecular weight excluding hydrogens is 373 g/mol. The lowest BCUT2D eigenvalue weighted by molar-refractivity contribution is 0.0699. The zero-order chi connectivity index (χ0) is 18.3. The summed E-state index contributed by atoms with van der Waals surface area (Å²) in [5.74, 6) is -1.06. The molecule has 128 valence electrons. The van der Waals surface area contributed by atoms with Crippen LogP contribution in [-0.4, -0.2) is 26.3 Å². The van der Waals surface area contributed by atoms with Crippen molar-refractivity contribution in [3.05, 3.63) is 70.2 Å². The third-order valence-electron chi connectivity index (χ3n) is 4.01. The Labute approximate surface area is 158 Å². The van der Waals surface area contributed by atoms with Gasteiger partial charge < -0.3 is 5.11 Å². The molecule has 0 unspecified atom stereocenters. The molecule has 4 aromatic rings. The summed E-state index contributed by atoms with van der Waals surface area (Å²) >= 11 is 12.0. The first-order valence-corrected chi connectivity index (χ1v) is 8.43. The van der Waals surface area contributed by atoms with Crippen LogP contribution < -0.4 is 0 Å². The van der Waals surface area contributed by atoms with Crippen LogP contribution >= 0.6 is 23.2 Å². The summed E-state index contributed by atoms with van der Waals surface area (Å²) in [4.78, 5) is 16.4. The van der Waals surface area contributed by atoms with Gasteiger partial charge in [0.25, 0.3) is 0 Å². The number of hydrogen-bond acceptors (Lipinski definition) is 3. The number of nitrogens with one attached hydrogen (secondary N) is 1. The maximum Gasteiger partial charge on any atom is 0.336 e. The Hall–Kier alpha value is -2.89. The quantitative estimate of drug-likeness (QED) is 0.503. The van der Waals surface area contributed by atoms with Crippen molar-refractivity contribution in [2.75, 3.05) is 0 Å². The number of hydrogen-bond donors (Lipinski definition) is 2. The number of aromatic amines is 1. The summed E-state index contributed by atoms with van der Waals surface area (Å²) in [5.41, 5.74) is 3.01. The smallest absolute Gasteiger partial charge is 0.336 e. The lowest BCUT2D eigenvalue weighted by Crippen LogP contribution is -2.00. The summed E-state index contributed by atoms with van der Waals surface area (Å²) in [6, 6.07) is 15.7. The van der Waals surface area contributed by atoms with E-state index in [2.05, 4.69) is 15.2 Å². The van der Waals surface area contributed by atoms with Gasteiger partial charge in [0.05, 0.1) is 22.3 Å². The normalized spacial score (nSPS) is 11.0. The largest absolute Gasteiger partial charge is 0.478 e. The van der Waals surface area contributed by atoms with Gasteiger partial charge in [-0.3, -0.25) is 5.10 Å². The number of carboxylic acid groups (broad SMARTS) is 1. The maximum atomic E-state index is 11.9. The molecule has 26 heavy (non-hydrogen) atoms. The number of benzene rings is 2. The fourth-order valence-corrected chi connectivity index (χ4v) is 3.13. The highest BCUT2D eigenvalue weighted by Gasteiger charge is 2.19. The molecule has 2 heterocycles. The Morgan fingerprint density at radius 1 is 0.962 bits per heavy atom. The van der Waals surface area contributed by atoms with Crippen LogP contribution in [0.5, 0.6) is 0 Å². The predicted octanol–water partition coefficient (Wildman–Crippen LogP) is 5.30. The first kappa shape index (κ1) is 16.6. The lowest BCUT2D eigenvalue weighted by atomic mass is 10.0. The minimum absolute atomic E-state index is 0.115. The number of H-pyrrole nitrogens is 1. The summed E-state index contributed by atoms with van der Waals surface area (Å²) < 4.78 is 0. The maximum absolute atomic E-state index is 11.9. The highest BCUT2D eigenvalue weighted by Crippen LogP contribution is 2.32. The third-order valence-corrected chi connectivity index (χ3v) is 4.49. The average molecular weight is 384 g/mol. The molecule has 0 fully saturated rings. The number of aromatic nitrogens is 3. The van der Waals surface area contributed by atoms with Gasteiger partial charge in [0.1, 0.15) is 0 Å². The molecule has 2 aromatic carbocycles. The number of carboxylic acids is 1. The van der Waals surface area contributed by atoms with Crippen LogP contribution in [-0.2, 0) is 0 Å². The molecule has 7 heteroatoms. The van der Waals surface area contributed by atoms with Crippen molar-refractivity contribution in [2.45, 2.75) is 0 Å². The van der Waals surface area contributed by atoms with Gasteiger partial charge in [0.15, 0.2) is 5.65 Å². The molecule has 0 bridgehead atoms. The van der Waals surface area contributed by atoms with Crippen LogP contribution in [0, 0.1) is 0 Å². The second-order valence-electron chi connectivity index (χ2n) is 5.67. The molecule has 0 aliphatic carbocycles. The van der Waals surface area contributed by atoms with Crippen LogP contribution in [0.15, 0.2) is 54.6 Å². The van der Waals surface area contributed by atoms with Gasteiger partial charge in [-0.2, -0.15) is 5.10 Å². The van der Waals surface area contributed by atoms with Gasteiger partial charge in [-0.1, -0.05) is 47.5 Å². The van der Waals surface area contributed by atoms with Crippen LogP contribution in [0.2, 0.25) is 10.0 Å². The van der Waals surface area contributed by atoms with E-state index in [1.54, 1.807) is 42.5 Å². The molecule has 0 saturated carbocycles. The van der Waals surface area contributed by atoms with E-state index in [-0.39, 0.29) is 5.56 Å². The molecule has 0 aliphatic rings. The molecule has 2 N–H and O–H groups in total. The molecule has 4 rings (SSSR count). The monoisotopic (exact) mass is 383 g/mol. The van der Waals surface area contributed by atoms with E-state index < -0.39 is 5.97 Å². The van der Waals surface area contributed by atoms with Crippen molar-refractivity contribution in [1.29, 1.82) is 0 Å². The van der Waals surface area contributed by atoms with Crippen molar-refractivity contribution >= 4 is 40.2 Å². The van der Waals surface area contributed by atoms with Crippen molar-refractivity contribution in [3.8, 4) is 22.5 Å². The minimum Gasteiger partial charge on any atom is -0.478 e. The molecule has 0 saturated heterocycles. The number of halogens is 2. The van der Waals surface area contributed by atoms with E-state index in [0.29, 0.717) is 32.5 Å². The molecular formula is C19H11Cl2N3O2. The SMILES string of the molecule is O=C(O)c1cc(-c2cccc(Cl)c2)nc2n[nH]c(-c3ccc(Cl)cc3)c12. The number of rotatable bonds is 3. The Kier molecular flexibility index (Phi) is 4.11. The van der Waals surface area contributed by atoms with Crippen LogP contribution in [0.4, 0.5) is 0 Å². The van der Waals surface area contributed by atoms with Gasteiger partial charge in [0, 0.05) is 21.2 Å². The summed E-state index contributed by atoms with van der Waals surface area (Å²) in [5, 5.41) is 18.4. The number of nitrogens with zero attached hydrogens (tertiary/aromatic N) is 2. The molecule has 0 amide bonds. The van der Waals surface area contributed by atoms with E-state index in [1.807, 2.05) is 6.07 Å². The van der Waals surface area contributed by atoms with Crippen molar-refractivity contribution in [3.63, 3.8) is 0 Å². The fourth-order valence-electron chi connectivity index (χ4n) is 2.81. The molecule has 0 radical (unpaired) electrons. The summed E-state index contributed by atoms with van der Waals surface area (Å²) in [6.45, 7) is 0. The Bertz CT molecular complexity index is 1140. The molecule has 0 spiro atoms. The van der Waals surface area contributed by atoms with E-state index in [9.17, 15) is 9.90 Å². The van der Waals surface area contributed by atoms with Crippen molar-refractivity contribution < 1.29 is 9.90 Å². The second kappa shape index (κ2) is 6.44. The highest BCUT2D eigenvalue weighted by molar-refractivity contribution is 6.31. The van der Waals surface area contributed by atoms with Crippen LogP contribution in [0.25, 0.3) is 33.5 Å². The van der Waals surface area contributed by atoms with Crippen molar-refractivity contribution in [2.24, 2.45) is 0 Å².